The van der Waals surface area contributed by atoms with E-state index in [0.717, 1.165) is 25.7 Å². The molecule has 5 nitrogen and oxygen atoms in total. The summed E-state index contributed by atoms with van der Waals surface area (Å²) in [7, 11) is 0. The van der Waals surface area contributed by atoms with E-state index in [0.29, 0.717) is 0 Å². The number of esters is 1. The smallest absolute Gasteiger partial charge is 0.343 e. The van der Waals surface area contributed by atoms with Crippen LogP contribution < -0.4 is 0 Å². The van der Waals surface area contributed by atoms with E-state index in [1.165, 1.54) is 12.4 Å². The van der Waals surface area contributed by atoms with Gasteiger partial charge >= 0.3 is 5.97 Å². The van der Waals surface area contributed by atoms with Crippen molar-refractivity contribution in [3.63, 3.8) is 0 Å². The standard InChI is InChI=1S/C16H19ClN2O3/c1-2-22-16(21)13(10-19-11-6-3-4-7-11)14(20)12-8-5-9-18-15(12)17/h5,8-11,20H,2-4,6-7H2,1H3. The fraction of sp³-hybridized carbons (Fsp3) is 0.438. The molecule has 0 saturated heterocycles. The van der Waals surface area contributed by atoms with Crippen molar-refractivity contribution in [2.45, 2.75) is 38.6 Å². The Kier molecular flexibility index (Phi) is 5.95. The predicted molar refractivity (Wildman–Crippen MR) is 86.2 cm³/mol. The summed E-state index contributed by atoms with van der Waals surface area (Å²) in [4.78, 5) is 20.4. The lowest BCUT2D eigenvalue weighted by atomic mass is 10.1. The van der Waals surface area contributed by atoms with E-state index in [4.69, 9.17) is 16.3 Å². The molecule has 6 heteroatoms. The van der Waals surface area contributed by atoms with Crippen LogP contribution in [0.2, 0.25) is 5.15 Å². The van der Waals surface area contributed by atoms with E-state index in [9.17, 15) is 9.90 Å². The molecule has 22 heavy (non-hydrogen) atoms. The highest BCUT2D eigenvalue weighted by Crippen LogP contribution is 2.24. The molecule has 0 amide bonds. The first-order chi connectivity index (χ1) is 10.6. The third-order valence-electron chi connectivity index (χ3n) is 3.50. The molecule has 1 heterocycles. The van der Waals surface area contributed by atoms with Crippen LogP contribution in [0.3, 0.4) is 0 Å². The number of carbonyl (C=O) groups excluding carboxylic acids is 1. The Balaban J connectivity index is 2.35. The molecule has 0 spiro atoms. The fourth-order valence-corrected chi connectivity index (χ4v) is 2.57. The highest BCUT2D eigenvalue weighted by Gasteiger charge is 2.20. The van der Waals surface area contributed by atoms with Gasteiger partial charge in [-0.15, -0.1) is 0 Å². The molecule has 0 radical (unpaired) electrons. The summed E-state index contributed by atoms with van der Waals surface area (Å²) in [6.07, 6.45) is 7.19. The number of halogens is 1. The van der Waals surface area contributed by atoms with Crippen LogP contribution in [0.5, 0.6) is 0 Å². The summed E-state index contributed by atoms with van der Waals surface area (Å²) in [6.45, 7) is 1.92. The number of aliphatic hydroxyl groups is 1. The van der Waals surface area contributed by atoms with Crippen molar-refractivity contribution in [1.29, 1.82) is 0 Å². The summed E-state index contributed by atoms with van der Waals surface area (Å²) in [5.74, 6) is -0.889. The molecule has 1 fully saturated rings. The molecule has 1 saturated carbocycles. The van der Waals surface area contributed by atoms with Gasteiger partial charge in [-0.25, -0.2) is 9.78 Å². The largest absolute Gasteiger partial charge is 0.506 e. The SMILES string of the molecule is CCOC(=O)C(C=NC1CCCC1)=C(O)c1cccnc1Cl. The number of nitrogens with zero attached hydrogens (tertiary/aromatic N) is 2. The zero-order valence-corrected chi connectivity index (χ0v) is 13.2. The minimum atomic E-state index is -0.623. The number of rotatable bonds is 5. The van der Waals surface area contributed by atoms with Gasteiger partial charge in [0.25, 0.3) is 0 Å². The van der Waals surface area contributed by atoms with E-state index < -0.39 is 5.97 Å². The van der Waals surface area contributed by atoms with Crippen molar-refractivity contribution in [2.75, 3.05) is 6.61 Å². The molecule has 1 aromatic heterocycles. The normalized spacial score (nSPS) is 16.8. The van der Waals surface area contributed by atoms with Crippen LogP contribution in [0.4, 0.5) is 0 Å². The molecule has 2 rings (SSSR count). The van der Waals surface area contributed by atoms with Gasteiger partial charge in [-0.1, -0.05) is 24.4 Å². The molecule has 1 aliphatic carbocycles. The maximum absolute atomic E-state index is 12.1. The van der Waals surface area contributed by atoms with E-state index in [1.54, 1.807) is 19.1 Å². The Morgan fingerprint density at radius 2 is 2.27 bits per heavy atom. The quantitative estimate of drug-likeness (QED) is 0.296. The number of hydrogen-bond donors (Lipinski definition) is 1. The Bertz CT molecular complexity index is 593. The van der Waals surface area contributed by atoms with E-state index in [-0.39, 0.29) is 34.7 Å². The zero-order valence-electron chi connectivity index (χ0n) is 12.5. The second kappa shape index (κ2) is 7.94. The van der Waals surface area contributed by atoms with E-state index in [2.05, 4.69) is 9.98 Å². The molecule has 1 aliphatic rings. The first-order valence-electron chi connectivity index (χ1n) is 7.38. The van der Waals surface area contributed by atoms with Crippen LogP contribution in [-0.4, -0.2) is 34.9 Å². The van der Waals surface area contributed by atoms with Crippen LogP contribution >= 0.6 is 11.6 Å². The summed E-state index contributed by atoms with van der Waals surface area (Å²) in [5.41, 5.74) is 0.286. The van der Waals surface area contributed by atoms with E-state index >= 15 is 0 Å². The summed E-state index contributed by atoms with van der Waals surface area (Å²) in [6, 6.07) is 3.42. The van der Waals surface area contributed by atoms with Gasteiger partial charge in [0.1, 0.15) is 16.5 Å². The summed E-state index contributed by atoms with van der Waals surface area (Å²) < 4.78 is 4.99. The van der Waals surface area contributed by atoms with Crippen molar-refractivity contribution in [2.24, 2.45) is 4.99 Å². The average Bonchev–Trinajstić information content (AvgIpc) is 3.01. The third-order valence-corrected chi connectivity index (χ3v) is 3.81. The lowest BCUT2D eigenvalue weighted by molar-refractivity contribution is -0.137. The first-order valence-corrected chi connectivity index (χ1v) is 7.75. The average molecular weight is 323 g/mol. The Morgan fingerprint density at radius 3 is 2.91 bits per heavy atom. The molecule has 0 atom stereocenters. The van der Waals surface area contributed by atoms with Crippen molar-refractivity contribution < 1.29 is 14.6 Å². The Hall–Kier alpha value is -1.88. The van der Waals surface area contributed by atoms with Crippen molar-refractivity contribution in [3.8, 4) is 0 Å². The Morgan fingerprint density at radius 1 is 1.55 bits per heavy atom. The van der Waals surface area contributed by atoms with Gasteiger partial charge in [0, 0.05) is 18.5 Å². The molecule has 1 N–H and O–H groups in total. The van der Waals surface area contributed by atoms with Gasteiger partial charge in [-0.2, -0.15) is 0 Å². The lowest BCUT2D eigenvalue weighted by Crippen LogP contribution is -2.12. The Labute approximate surface area is 134 Å². The first kappa shape index (κ1) is 16.5. The zero-order chi connectivity index (χ0) is 15.9. The molecule has 0 aliphatic heterocycles. The predicted octanol–water partition coefficient (Wildman–Crippen LogP) is 3.58. The topological polar surface area (TPSA) is 71.8 Å². The molecule has 0 aromatic carbocycles. The molecule has 1 aromatic rings. The highest BCUT2D eigenvalue weighted by atomic mass is 35.5. The number of pyridine rings is 1. The van der Waals surface area contributed by atoms with Crippen LogP contribution in [0.1, 0.15) is 38.2 Å². The van der Waals surface area contributed by atoms with Gasteiger partial charge in [-0.3, -0.25) is 4.99 Å². The monoisotopic (exact) mass is 322 g/mol. The molecule has 0 bridgehead atoms. The summed E-state index contributed by atoms with van der Waals surface area (Å²) >= 11 is 5.97. The molecular weight excluding hydrogens is 304 g/mol. The van der Waals surface area contributed by atoms with Crippen LogP contribution in [-0.2, 0) is 9.53 Å². The van der Waals surface area contributed by atoms with Gasteiger partial charge in [-0.05, 0) is 31.9 Å². The number of aliphatic imine (C=N–C) groups is 1. The maximum atomic E-state index is 12.1. The third kappa shape index (κ3) is 4.07. The summed E-state index contributed by atoms with van der Waals surface area (Å²) in [5, 5.41) is 10.5. The van der Waals surface area contributed by atoms with Gasteiger partial charge in [0.05, 0.1) is 12.2 Å². The van der Waals surface area contributed by atoms with Gasteiger partial charge < -0.3 is 9.84 Å². The minimum Gasteiger partial charge on any atom is -0.506 e. The fourth-order valence-electron chi connectivity index (χ4n) is 2.36. The number of hydrogen-bond acceptors (Lipinski definition) is 5. The lowest BCUT2D eigenvalue weighted by Gasteiger charge is -2.08. The minimum absolute atomic E-state index is 0.00338. The van der Waals surface area contributed by atoms with Crippen LogP contribution in [0.15, 0.2) is 28.9 Å². The molecule has 0 unspecified atom stereocenters. The van der Waals surface area contributed by atoms with Gasteiger partial charge in [0.2, 0.25) is 0 Å². The van der Waals surface area contributed by atoms with E-state index in [1.807, 2.05) is 0 Å². The highest BCUT2D eigenvalue weighted by molar-refractivity contribution is 6.31. The van der Waals surface area contributed by atoms with Crippen molar-refractivity contribution in [1.82, 2.24) is 4.98 Å². The number of carbonyl (C=O) groups is 1. The van der Waals surface area contributed by atoms with Crippen LogP contribution in [0.25, 0.3) is 5.76 Å². The van der Waals surface area contributed by atoms with Crippen molar-refractivity contribution >= 4 is 29.5 Å². The molecular formula is C16H19ClN2O3. The number of ether oxygens (including phenoxy) is 1. The second-order valence-electron chi connectivity index (χ2n) is 5.04. The number of aliphatic hydroxyl groups excluding tert-OH is 1. The maximum Gasteiger partial charge on any atom is 0.343 e. The number of aromatic nitrogens is 1. The van der Waals surface area contributed by atoms with Crippen molar-refractivity contribution in [3.05, 3.63) is 34.6 Å². The van der Waals surface area contributed by atoms with Crippen LogP contribution in [0, 0.1) is 0 Å². The van der Waals surface area contributed by atoms with Gasteiger partial charge in [0.15, 0.2) is 0 Å². The second-order valence-corrected chi connectivity index (χ2v) is 5.40. The molecule has 118 valence electrons.